The molecular formula is C38H45N5O4. The number of piperidine rings is 1. The summed E-state index contributed by atoms with van der Waals surface area (Å²) < 4.78 is 12.2. The molecule has 2 aromatic carbocycles. The third kappa shape index (κ3) is 7.89. The SMILES string of the molecule is Cc1ccc2c(CC(=O)C3CCCCC3)cccc2c1Oc1ncccc1-c1ccnc(N[C@H]2CCCN(C(=O)OC(C)(C)C)C2)n1. The number of aromatic nitrogens is 3. The van der Waals surface area contributed by atoms with Crippen molar-refractivity contribution in [3.8, 4) is 22.9 Å². The van der Waals surface area contributed by atoms with Crippen LogP contribution in [0.4, 0.5) is 10.7 Å². The highest BCUT2D eigenvalue weighted by Gasteiger charge is 2.28. The molecule has 9 heteroatoms. The average Bonchev–Trinajstić information content (AvgIpc) is 3.06. The van der Waals surface area contributed by atoms with E-state index in [1.165, 1.54) is 6.42 Å². The van der Waals surface area contributed by atoms with Crippen LogP contribution in [0, 0.1) is 12.8 Å². The molecule has 4 aromatic rings. The largest absolute Gasteiger partial charge is 0.444 e. The van der Waals surface area contributed by atoms with Crippen molar-refractivity contribution in [2.24, 2.45) is 5.92 Å². The van der Waals surface area contributed by atoms with Crippen molar-refractivity contribution in [1.29, 1.82) is 0 Å². The second-order valence-corrected chi connectivity index (χ2v) is 13.8. The molecule has 9 nitrogen and oxygen atoms in total. The molecule has 1 N–H and O–H groups in total. The molecule has 0 spiro atoms. The van der Waals surface area contributed by atoms with Crippen molar-refractivity contribution in [3.05, 3.63) is 72.1 Å². The molecule has 1 aliphatic heterocycles. The van der Waals surface area contributed by atoms with Crippen LogP contribution in [0.5, 0.6) is 11.6 Å². The molecule has 1 aliphatic carbocycles. The monoisotopic (exact) mass is 635 g/mol. The summed E-state index contributed by atoms with van der Waals surface area (Å²) >= 11 is 0. The lowest BCUT2D eigenvalue weighted by atomic mass is 9.83. The van der Waals surface area contributed by atoms with Gasteiger partial charge in [0.1, 0.15) is 17.1 Å². The molecule has 0 bridgehead atoms. The van der Waals surface area contributed by atoms with Crippen LogP contribution >= 0.6 is 0 Å². The Morgan fingerprint density at radius 1 is 0.915 bits per heavy atom. The van der Waals surface area contributed by atoms with Gasteiger partial charge in [-0.25, -0.2) is 19.7 Å². The number of benzene rings is 2. The number of pyridine rings is 1. The van der Waals surface area contributed by atoms with Crippen molar-refractivity contribution in [2.45, 2.75) is 90.7 Å². The van der Waals surface area contributed by atoms with E-state index in [0.717, 1.165) is 66.0 Å². The normalized spacial score (nSPS) is 17.4. The first-order valence-electron chi connectivity index (χ1n) is 16.9. The maximum Gasteiger partial charge on any atom is 0.410 e. The zero-order chi connectivity index (χ0) is 33.0. The highest BCUT2D eigenvalue weighted by molar-refractivity contribution is 5.95. The van der Waals surface area contributed by atoms with E-state index in [9.17, 15) is 9.59 Å². The topological polar surface area (TPSA) is 107 Å². The summed E-state index contributed by atoms with van der Waals surface area (Å²) in [5.41, 5.74) is 2.86. The molecule has 1 saturated carbocycles. The lowest BCUT2D eigenvalue weighted by molar-refractivity contribution is -0.123. The van der Waals surface area contributed by atoms with Crippen LogP contribution in [-0.4, -0.2) is 56.5 Å². The van der Waals surface area contributed by atoms with Crippen molar-refractivity contribution >= 4 is 28.6 Å². The minimum atomic E-state index is -0.543. The van der Waals surface area contributed by atoms with Gasteiger partial charge in [0.05, 0.1) is 11.3 Å². The third-order valence-electron chi connectivity index (χ3n) is 9.03. The summed E-state index contributed by atoms with van der Waals surface area (Å²) in [6.07, 6.45) is 10.8. The summed E-state index contributed by atoms with van der Waals surface area (Å²) in [6.45, 7) is 8.82. The van der Waals surface area contributed by atoms with Gasteiger partial charge < -0.3 is 19.7 Å². The van der Waals surface area contributed by atoms with Crippen LogP contribution < -0.4 is 10.1 Å². The highest BCUT2D eigenvalue weighted by atomic mass is 16.6. The van der Waals surface area contributed by atoms with Crippen molar-refractivity contribution < 1.29 is 19.1 Å². The van der Waals surface area contributed by atoms with Gasteiger partial charge in [0.15, 0.2) is 0 Å². The molecule has 2 aliphatic rings. The second-order valence-electron chi connectivity index (χ2n) is 13.8. The number of likely N-dealkylation sites (tertiary alicyclic amines) is 1. The number of ether oxygens (including phenoxy) is 2. The Morgan fingerprint density at radius 2 is 1.74 bits per heavy atom. The first-order valence-corrected chi connectivity index (χ1v) is 16.9. The van der Waals surface area contributed by atoms with Gasteiger partial charge in [-0.3, -0.25) is 4.79 Å². The minimum absolute atomic E-state index is 0.00587. The minimum Gasteiger partial charge on any atom is -0.444 e. The molecule has 0 unspecified atom stereocenters. The number of amides is 1. The number of nitrogens with one attached hydrogen (secondary N) is 1. The Morgan fingerprint density at radius 3 is 2.55 bits per heavy atom. The predicted molar refractivity (Wildman–Crippen MR) is 184 cm³/mol. The molecule has 3 heterocycles. The fraction of sp³-hybridized carbons (Fsp3) is 0.447. The summed E-state index contributed by atoms with van der Waals surface area (Å²) in [5, 5.41) is 5.40. The van der Waals surface area contributed by atoms with Crippen LogP contribution in [0.3, 0.4) is 0 Å². The Balaban J connectivity index is 1.22. The van der Waals surface area contributed by atoms with Crippen molar-refractivity contribution in [2.75, 3.05) is 18.4 Å². The predicted octanol–water partition coefficient (Wildman–Crippen LogP) is 8.30. The number of ketones is 1. The summed E-state index contributed by atoms with van der Waals surface area (Å²) in [7, 11) is 0. The number of rotatable bonds is 8. The standard InChI is InChI=1S/C38H45N5O4/c1-25-17-18-29-27(23-33(44)26-11-6-5-7-12-26)13-8-15-30(29)34(25)46-35-31(16-9-20-39-35)32-19-21-40-36(42-32)41-28-14-10-22-43(24-28)37(45)47-38(2,3)4/h8-9,13,15-21,26,28H,5-7,10-12,14,22-24H2,1-4H3,(H,40,41,42)/t28-/m0/s1. The number of carbonyl (C=O) groups excluding carboxylic acids is 2. The second kappa shape index (κ2) is 14.1. The zero-order valence-electron chi connectivity index (χ0n) is 27.9. The number of hydrogen-bond acceptors (Lipinski definition) is 8. The average molecular weight is 636 g/mol. The molecule has 1 saturated heterocycles. The fourth-order valence-corrected chi connectivity index (χ4v) is 6.66. The maximum atomic E-state index is 13.2. The number of Topliss-reactive ketones (excluding diaryl/α,β-unsaturated/α-hetero) is 1. The van der Waals surface area contributed by atoms with E-state index in [1.807, 2.05) is 64.1 Å². The van der Waals surface area contributed by atoms with Crippen LogP contribution in [0.15, 0.2) is 60.9 Å². The summed E-state index contributed by atoms with van der Waals surface area (Å²) in [5.74, 6) is 2.13. The maximum absolute atomic E-state index is 13.2. The van der Waals surface area contributed by atoms with Gasteiger partial charge in [-0.15, -0.1) is 0 Å². The fourth-order valence-electron chi connectivity index (χ4n) is 6.66. The Hall–Kier alpha value is -4.53. The van der Waals surface area contributed by atoms with E-state index in [2.05, 4.69) is 27.4 Å². The smallest absolute Gasteiger partial charge is 0.410 e. The Labute approximate surface area is 277 Å². The number of hydrogen-bond donors (Lipinski definition) is 1. The number of fused-ring (bicyclic) bond motifs is 1. The van der Waals surface area contributed by atoms with Crippen molar-refractivity contribution in [3.63, 3.8) is 0 Å². The van der Waals surface area contributed by atoms with E-state index < -0.39 is 5.60 Å². The van der Waals surface area contributed by atoms with Gasteiger partial charge in [-0.05, 0) is 88.1 Å². The highest BCUT2D eigenvalue weighted by Crippen LogP contribution is 2.38. The molecule has 47 heavy (non-hydrogen) atoms. The summed E-state index contributed by atoms with van der Waals surface area (Å²) in [4.78, 5) is 41.6. The Kier molecular flexibility index (Phi) is 9.71. The molecule has 2 fully saturated rings. The van der Waals surface area contributed by atoms with Gasteiger partial charge in [-0.1, -0.05) is 49.6 Å². The third-order valence-corrected chi connectivity index (χ3v) is 9.03. The van der Waals surface area contributed by atoms with Gasteiger partial charge in [0.2, 0.25) is 11.8 Å². The molecular weight excluding hydrogens is 590 g/mol. The lowest BCUT2D eigenvalue weighted by Crippen LogP contribution is -2.47. The van der Waals surface area contributed by atoms with Crippen LogP contribution in [0.25, 0.3) is 22.0 Å². The van der Waals surface area contributed by atoms with Crippen LogP contribution in [-0.2, 0) is 16.0 Å². The van der Waals surface area contributed by atoms with E-state index in [4.69, 9.17) is 14.5 Å². The number of aryl methyl sites for hydroxylation is 1. The van der Waals surface area contributed by atoms with Gasteiger partial charge in [0.25, 0.3) is 0 Å². The zero-order valence-corrected chi connectivity index (χ0v) is 27.9. The number of nitrogens with zero attached hydrogens (tertiary/aromatic N) is 4. The van der Waals surface area contributed by atoms with E-state index in [1.54, 1.807) is 17.3 Å². The molecule has 1 amide bonds. The van der Waals surface area contributed by atoms with Crippen molar-refractivity contribution in [1.82, 2.24) is 19.9 Å². The van der Waals surface area contributed by atoms with E-state index in [0.29, 0.717) is 48.6 Å². The van der Waals surface area contributed by atoms with Gasteiger partial charge >= 0.3 is 6.09 Å². The summed E-state index contributed by atoms with van der Waals surface area (Å²) in [6, 6.07) is 15.9. The molecule has 6 rings (SSSR count). The van der Waals surface area contributed by atoms with E-state index in [-0.39, 0.29) is 18.1 Å². The number of carbonyl (C=O) groups is 2. The molecule has 246 valence electrons. The Bertz CT molecular complexity index is 1740. The first kappa shape index (κ1) is 32.4. The molecule has 2 aromatic heterocycles. The van der Waals surface area contributed by atoms with Crippen LogP contribution in [0.1, 0.15) is 76.8 Å². The van der Waals surface area contributed by atoms with Crippen LogP contribution in [0.2, 0.25) is 0 Å². The van der Waals surface area contributed by atoms with Gasteiger partial charge in [-0.2, -0.15) is 0 Å². The number of anilines is 1. The van der Waals surface area contributed by atoms with Gasteiger partial charge in [0, 0.05) is 49.2 Å². The molecule has 0 radical (unpaired) electrons. The molecule has 1 atom stereocenters. The first-order chi connectivity index (χ1) is 22.6. The quantitative estimate of drug-likeness (QED) is 0.206. The lowest BCUT2D eigenvalue weighted by Gasteiger charge is -2.34. The van der Waals surface area contributed by atoms with E-state index >= 15 is 0 Å².